The predicted octanol–water partition coefficient (Wildman–Crippen LogP) is 4.16. The van der Waals surface area contributed by atoms with E-state index in [4.69, 9.17) is 14.2 Å². The van der Waals surface area contributed by atoms with Gasteiger partial charge in [0.15, 0.2) is 11.5 Å². The summed E-state index contributed by atoms with van der Waals surface area (Å²) in [6.07, 6.45) is 1.74. The quantitative estimate of drug-likeness (QED) is 0.418. The highest BCUT2D eigenvalue weighted by Gasteiger charge is 2.17. The number of methoxy groups -OCH3 is 3. The molecule has 0 bridgehead atoms. The van der Waals surface area contributed by atoms with E-state index in [9.17, 15) is 4.79 Å². The molecule has 32 heavy (non-hydrogen) atoms. The van der Waals surface area contributed by atoms with Crippen molar-refractivity contribution in [2.75, 3.05) is 21.3 Å². The monoisotopic (exact) mass is 450 g/mol. The van der Waals surface area contributed by atoms with Crippen molar-refractivity contribution in [1.29, 1.82) is 0 Å². The second-order valence-electron chi connectivity index (χ2n) is 6.82. The van der Waals surface area contributed by atoms with Crippen LogP contribution in [0.2, 0.25) is 0 Å². The normalized spacial score (nSPS) is 10.6. The first-order valence-electron chi connectivity index (χ1n) is 9.74. The summed E-state index contributed by atoms with van der Waals surface area (Å²) in [6.45, 7) is 0.372. The van der Waals surface area contributed by atoms with E-state index in [-0.39, 0.29) is 5.91 Å². The van der Waals surface area contributed by atoms with Crippen LogP contribution in [0, 0.1) is 0 Å². The van der Waals surface area contributed by atoms with Gasteiger partial charge in [0, 0.05) is 29.2 Å². The van der Waals surface area contributed by atoms with Gasteiger partial charge in [-0.3, -0.25) is 14.9 Å². The number of nitrogens with one attached hydrogen (secondary N) is 2. The molecule has 0 atom stereocenters. The smallest absolute Gasteiger partial charge is 0.269 e. The van der Waals surface area contributed by atoms with Gasteiger partial charge in [0.2, 0.25) is 5.75 Å². The summed E-state index contributed by atoms with van der Waals surface area (Å²) in [5, 5.41) is 14.0. The first kappa shape index (κ1) is 21.4. The van der Waals surface area contributed by atoms with Crippen LogP contribution in [-0.2, 0) is 6.54 Å². The minimum Gasteiger partial charge on any atom is -0.493 e. The maximum Gasteiger partial charge on any atom is 0.269 e. The molecular weight excluding hydrogens is 428 g/mol. The van der Waals surface area contributed by atoms with E-state index in [0.717, 1.165) is 22.4 Å². The molecule has 1 amide bonds. The summed E-state index contributed by atoms with van der Waals surface area (Å²) < 4.78 is 16.1. The van der Waals surface area contributed by atoms with Gasteiger partial charge in [0.25, 0.3) is 5.91 Å². The zero-order valence-corrected chi connectivity index (χ0v) is 18.7. The lowest BCUT2D eigenvalue weighted by molar-refractivity contribution is 0.0946. The van der Waals surface area contributed by atoms with E-state index in [0.29, 0.717) is 35.2 Å². The summed E-state index contributed by atoms with van der Waals surface area (Å²) in [4.78, 5) is 17.1. The molecule has 0 saturated heterocycles. The molecule has 0 aliphatic rings. The number of benzene rings is 1. The topological polar surface area (TPSA) is 98.4 Å². The highest BCUT2D eigenvalue weighted by molar-refractivity contribution is 7.08. The summed E-state index contributed by atoms with van der Waals surface area (Å²) in [6, 6.07) is 11.1. The van der Waals surface area contributed by atoms with Crippen LogP contribution in [0.1, 0.15) is 16.1 Å². The van der Waals surface area contributed by atoms with Crippen LogP contribution in [0.5, 0.6) is 17.2 Å². The van der Waals surface area contributed by atoms with Gasteiger partial charge in [-0.05, 0) is 47.3 Å². The van der Waals surface area contributed by atoms with Gasteiger partial charge in [-0.1, -0.05) is 0 Å². The van der Waals surface area contributed by atoms with Crippen LogP contribution in [0.3, 0.4) is 0 Å². The molecule has 0 radical (unpaired) electrons. The third-order valence-corrected chi connectivity index (χ3v) is 5.56. The molecule has 164 valence electrons. The first-order valence-corrected chi connectivity index (χ1v) is 10.7. The Morgan fingerprint density at radius 1 is 1.00 bits per heavy atom. The number of rotatable bonds is 8. The number of thiophene rings is 1. The van der Waals surface area contributed by atoms with Crippen molar-refractivity contribution in [3.05, 3.63) is 64.6 Å². The molecule has 0 saturated carbocycles. The maximum atomic E-state index is 12.7. The molecule has 0 aliphatic carbocycles. The van der Waals surface area contributed by atoms with Gasteiger partial charge >= 0.3 is 0 Å². The van der Waals surface area contributed by atoms with E-state index >= 15 is 0 Å². The number of aromatic amines is 1. The van der Waals surface area contributed by atoms with E-state index in [2.05, 4.69) is 20.5 Å². The van der Waals surface area contributed by atoms with Crippen molar-refractivity contribution in [1.82, 2.24) is 20.5 Å². The van der Waals surface area contributed by atoms with E-state index < -0.39 is 0 Å². The van der Waals surface area contributed by atoms with Crippen molar-refractivity contribution in [2.24, 2.45) is 0 Å². The van der Waals surface area contributed by atoms with Crippen LogP contribution >= 0.6 is 11.3 Å². The molecule has 3 aromatic heterocycles. The molecule has 3 heterocycles. The number of ether oxygens (including phenoxy) is 3. The Bertz CT molecular complexity index is 1200. The first-order chi connectivity index (χ1) is 15.6. The van der Waals surface area contributed by atoms with Gasteiger partial charge in [-0.2, -0.15) is 16.4 Å². The van der Waals surface area contributed by atoms with Crippen LogP contribution < -0.4 is 19.5 Å². The average Bonchev–Trinajstić information content (AvgIpc) is 3.54. The second-order valence-corrected chi connectivity index (χ2v) is 7.60. The Labute approximate surface area is 189 Å². The Balaban J connectivity index is 1.48. The Morgan fingerprint density at radius 3 is 2.44 bits per heavy atom. The van der Waals surface area contributed by atoms with Gasteiger partial charge in [0.1, 0.15) is 5.69 Å². The highest BCUT2D eigenvalue weighted by atomic mass is 32.1. The van der Waals surface area contributed by atoms with Crippen LogP contribution in [0.15, 0.2) is 53.4 Å². The van der Waals surface area contributed by atoms with E-state index in [1.807, 2.05) is 29.0 Å². The van der Waals surface area contributed by atoms with Crippen molar-refractivity contribution in [2.45, 2.75) is 6.54 Å². The molecular formula is C23H22N4O4S. The molecule has 1 aromatic carbocycles. The summed E-state index contributed by atoms with van der Waals surface area (Å²) >= 11 is 1.62. The van der Waals surface area contributed by atoms with Crippen molar-refractivity contribution < 1.29 is 19.0 Å². The molecule has 0 spiro atoms. The minimum atomic E-state index is -0.259. The molecule has 0 fully saturated rings. The fourth-order valence-electron chi connectivity index (χ4n) is 3.24. The lowest BCUT2D eigenvalue weighted by Gasteiger charge is -2.13. The van der Waals surface area contributed by atoms with Crippen molar-refractivity contribution in [3.63, 3.8) is 0 Å². The zero-order chi connectivity index (χ0) is 22.5. The van der Waals surface area contributed by atoms with Gasteiger partial charge < -0.3 is 19.5 Å². The number of pyridine rings is 1. The molecule has 8 nitrogen and oxygen atoms in total. The highest BCUT2D eigenvalue weighted by Crippen LogP contribution is 2.40. The van der Waals surface area contributed by atoms with Crippen LogP contribution in [0.4, 0.5) is 0 Å². The number of carbonyl (C=O) groups excluding carboxylic acids is 1. The molecule has 4 aromatic rings. The molecule has 0 aliphatic heterocycles. The number of hydrogen-bond donors (Lipinski definition) is 2. The number of nitrogens with zero attached hydrogens (tertiary/aromatic N) is 2. The minimum absolute atomic E-state index is 0.259. The zero-order valence-electron chi connectivity index (χ0n) is 17.8. The summed E-state index contributed by atoms with van der Waals surface area (Å²) in [7, 11) is 4.64. The van der Waals surface area contributed by atoms with Gasteiger partial charge in [-0.15, -0.1) is 0 Å². The Kier molecular flexibility index (Phi) is 6.37. The molecule has 2 N–H and O–H groups in total. The fraction of sp³-hybridized carbons (Fsp3) is 0.174. The largest absolute Gasteiger partial charge is 0.493 e. The molecule has 0 unspecified atom stereocenters. The second kappa shape index (κ2) is 9.52. The number of H-pyrrole nitrogens is 1. The lowest BCUT2D eigenvalue weighted by atomic mass is 10.1. The van der Waals surface area contributed by atoms with Crippen molar-refractivity contribution in [3.8, 4) is 39.8 Å². The standard InChI is InChI=1S/C23H22N4O4S/c1-29-20-9-16(10-21(30-2)22(20)31-3)18-11-19(27-26-18)23(28)25-12-14-4-6-24-17(8-14)15-5-7-32-13-15/h4-11,13H,12H2,1-3H3,(H,25,28)(H,26,27). The number of amides is 1. The van der Waals surface area contributed by atoms with Crippen LogP contribution in [0.25, 0.3) is 22.5 Å². The van der Waals surface area contributed by atoms with E-state index in [1.165, 1.54) is 0 Å². The number of carbonyl (C=O) groups is 1. The summed E-state index contributed by atoms with van der Waals surface area (Å²) in [5.41, 5.74) is 4.55. The van der Waals surface area contributed by atoms with Gasteiger partial charge in [-0.25, -0.2) is 0 Å². The number of hydrogen-bond acceptors (Lipinski definition) is 7. The Hall–Kier alpha value is -3.85. The van der Waals surface area contributed by atoms with Crippen molar-refractivity contribution >= 4 is 17.2 Å². The summed E-state index contributed by atoms with van der Waals surface area (Å²) in [5.74, 6) is 1.25. The third-order valence-electron chi connectivity index (χ3n) is 4.88. The molecule has 9 heteroatoms. The van der Waals surface area contributed by atoms with E-state index in [1.54, 1.807) is 57.1 Å². The lowest BCUT2D eigenvalue weighted by Crippen LogP contribution is -2.23. The fourth-order valence-corrected chi connectivity index (χ4v) is 3.89. The predicted molar refractivity (Wildman–Crippen MR) is 122 cm³/mol. The number of aromatic nitrogens is 3. The third kappa shape index (κ3) is 4.42. The van der Waals surface area contributed by atoms with Gasteiger partial charge in [0.05, 0.1) is 32.7 Å². The van der Waals surface area contributed by atoms with Crippen LogP contribution in [-0.4, -0.2) is 42.4 Å². The average molecular weight is 451 g/mol. The maximum absolute atomic E-state index is 12.7. The molecule has 4 rings (SSSR count). The Morgan fingerprint density at radius 2 is 1.78 bits per heavy atom. The SMILES string of the molecule is COc1cc(-c2cc(C(=O)NCc3ccnc(-c4ccsc4)c3)[nH]n2)cc(OC)c1OC.